The minimum atomic E-state index is -1.83. The number of nitrogens with zero attached hydrogens (tertiary/aromatic N) is 6. The van der Waals surface area contributed by atoms with Crippen LogP contribution in [0.1, 0.15) is 118 Å². The third kappa shape index (κ3) is 14.2. The third-order valence-corrected chi connectivity index (χ3v) is 17.2. The number of aliphatic hydroxyl groups excluding tert-OH is 3. The zero-order valence-corrected chi connectivity index (χ0v) is 46.4. The summed E-state index contributed by atoms with van der Waals surface area (Å²) >= 11 is 1.41. The number of hydrogen-bond acceptors (Lipinski definition) is 18. The lowest BCUT2D eigenvalue weighted by Gasteiger charge is -2.51. The first-order valence-corrected chi connectivity index (χ1v) is 27.0. The van der Waals surface area contributed by atoms with Crippen LogP contribution in [0.3, 0.4) is 0 Å². The van der Waals surface area contributed by atoms with Gasteiger partial charge in [-0.1, -0.05) is 45.0 Å². The number of aliphatic hydroxyl groups is 5. The number of methoxy groups -OCH3 is 2. The van der Waals surface area contributed by atoms with E-state index < -0.39 is 127 Å². The van der Waals surface area contributed by atoms with Crippen LogP contribution >= 0.6 is 11.8 Å². The van der Waals surface area contributed by atoms with Gasteiger partial charge in [0.1, 0.15) is 48.8 Å². The maximum Gasteiger partial charge on any atom is 0.309 e. The van der Waals surface area contributed by atoms with Crippen molar-refractivity contribution in [1.82, 2.24) is 24.8 Å². The van der Waals surface area contributed by atoms with Crippen molar-refractivity contribution in [2.75, 3.05) is 53.8 Å². The van der Waals surface area contributed by atoms with E-state index in [1.165, 1.54) is 37.6 Å². The molecule has 1 aromatic carbocycles. The van der Waals surface area contributed by atoms with Crippen molar-refractivity contribution in [1.29, 1.82) is 5.26 Å². The van der Waals surface area contributed by atoms with E-state index in [1.807, 2.05) is 68.9 Å². The molecular formula is C53H87FN6O12S. The van der Waals surface area contributed by atoms with E-state index in [4.69, 9.17) is 33.7 Å². The van der Waals surface area contributed by atoms with Gasteiger partial charge in [0.25, 0.3) is 0 Å². The van der Waals surface area contributed by atoms with Gasteiger partial charge >= 0.3 is 5.97 Å². The van der Waals surface area contributed by atoms with Gasteiger partial charge in [-0.25, -0.2) is 9.07 Å². The molecule has 3 saturated heterocycles. The smallest absolute Gasteiger partial charge is 0.309 e. The maximum absolute atomic E-state index is 14.8. The van der Waals surface area contributed by atoms with Crippen LogP contribution in [0.5, 0.6) is 0 Å². The Balaban J connectivity index is 1.44. The van der Waals surface area contributed by atoms with Crippen molar-refractivity contribution < 1.29 is 63.1 Å². The first-order chi connectivity index (χ1) is 34.3. The van der Waals surface area contributed by atoms with Crippen LogP contribution in [-0.4, -0.2) is 194 Å². The molecule has 1 aromatic heterocycles. The molecule has 0 aliphatic carbocycles. The van der Waals surface area contributed by atoms with Gasteiger partial charge in [0.15, 0.2) is 6.29 Å². The topological polar surface area (TPSA) is 235 Å². The Labute approximate surface area is 437 Å². The van der Waals surface area contributed by atoms with Gasteiger partial charge in [0.2, 0.25) is 0 Å². The standard InChI is InChI=1S/C53H87FN6O12S/c1-15-42-53(10,66)46(62)34(6)59(12)28-30(2)25-51(8,65)48(32(4)43(33(5)49(64)71-42)41-26-52(9,68-14)47(63)35(7)70-41)72-50-44(61)39(24-31(3)69-50)58(11)22-20-37-29-60(57-56-37)40(27-54)45(67-13)36-16-18-38(19-17-36)73-23-21-55/h16-19,29-35,39-48,50,61-63,65-66H,15,20,22-28H2,1-14H3/t30-,31-,32+,33-,34-,35+,39+,40-,41-,42-,43?,44-,45-,46-,47+,48-,50+,51-,52-,53-/m1/s1. The van der Waals surface area contributed by atoms with E-state index in [1.54, 1.807) is 47.7 Å². The summed E-state index contributed by atoms with van der Waals surface area (Å²) in [5.74, 6) is -2.95. The minimum Gasteiger partial charge on any atom is -0.459 e. The predicted molar refractivity (Wildman–Crippen MR) is 273 cm³/mol. The molecule has 3 fully saturated rings. The van der Waals surface area contributed by atoms with Gasteiger partial charge in [-0.15, -0.1) is 16.9 Å². The van der Waals surface area contributed by atoms with Gasteiger partial charge in [0.05, 0.1) is 59.1 Å². The Morgan fingerprint density at radius 3 is 2.30 bits per heavy atom. The molecule has 1 unspecified atom stereocenters. The summed E-state index contributed by atoms with van der Waals surface area (Å²) in [7, 11) is 6.77. The van der Waals surface area contributed by atoms with E-state index in [2.05, 4.69) is 16.4 Å². The average molecular weight is 1050 g/mol. The molecule has 0 spiro atoms. The summed E-state index contributed by atoms with van der Waals surface area (Å²) in [5, 5.41) is 77.8. The molecule has 18 nitrogen and oxygen atoms in total. The molecule has 20 heteroatoms. The van der Waals surface area contributed by atoms with Crippen molar-refractivity contribution in [3.63, 3.8) is 0 Å². The first kappa shape index (κ1) is 61.0. The van der Waals surface area contributed by atoms with E-state index >= 15 is 0 Å². The molecule has 0 radical (unpaired) electrons. The summed E-state index contributed by atoms with van der Waals surface area (Å²) in [6, 6.07) is 7.74. The maximum atomic E-state index is 14.8. The number of hydrogen-bond donors (Lipinski definition) is 5. The fraction of sp³-hybridized carbons (Fsp3) is 0.811. The van der Waals surface area contributed by atoms with E-state index in [-0.39, 0.29) is 25.2 Å². The molecule has 73 heavy (non-hydrogen) atoms. The monoisotopic (exact) mass is 1050 g/mol. The number of thioether (sulfide) groups is 1. The number of rotatable bonds is 16. The van der Waals surface area contributed by atoms with Crippen molar-refractivity contribution in [3.05, 3.63) is 41.7 Å². The molecule has 20 atom stereocenters. The Kier molecular flexibility index (Phi) is 21.7. The third-order valence-electron chi connectivity index (χ3n) is 16.4. The SMILES string of the molecule is CC[C@H]1OC(=O)[C@H](C)C([C@H]2C[C@@](C)(OC)[C@@H](O)[C@H](C)O2)[C@H](C)[C@@H](O[C@@H]2O[C@H](C)C[C@H](N(C)CCc3cn([C@H](CF)[C@H](OC)c4ccc(SCC#N)cc4)nn3)[C@H]2O)[C@](C)(O)C[C@@H](C)CN(C)[C@H](C)[C@@H](O)[C@]1(C)O. The Hall–Kier alpha value is -2.88. The van der Waals surface area contributed by atoms with Crippen LogP contribution in [-0.2, 0) is 39.6 Å². The molecule has 0 saturated carbocycles. The molecule has 0 bridgehead atoms. The van der Waals surface area contributed by atoms with Crippen LogP contribution < -0.4 is 0 Å². The molecule has 5 rings (SSSR count). The highest BCUT2D eigenvalue weighted by Crippen LogP contribution is 2.45. The average Bonchev–Trinajstić information content (AvgIpc) is 3.82. The van der Waals surface area contributed by atoms with Crippen LogP contribution in [0, 0.1) is 35.0 Å². The lowest BCUT2D eigenvalue weighted by molar-refractivity contribution is -0.302. The van der Waals surface area contributed by atoms with E-state index in [0.29, 0.717) is 37.4 Å². The van der Waals surface area contributed by atoms with Gasteiger partial charge < -0.3 is 63.8 Å². The normalized spacial score (nSPS) is 39.5. The zero-order valence-electron chi connectivity index (χ0n) is 45.6. The predicted octanol–water partition coefficient (Wildman–Crippen LogP) is 4.89. The van der Waals surface area contributed by atoms with Gasteiger partial charge in [-0.05, 0) is 104 Å². The lowest BCUT2D eigenvalue weighted by Crippen LogP contribution is -2.62. The fourth-order valence-corrected chi connectivity index (χ4v) is 12.5. The highest BCUT2D eigenvalue weighted by molar-refractivity contribution is 7.99. The van der Waals surface area contributed by atoms with E-state index in [0.717, 1.165) is 10.5 Å². The lowest BCUT2D eigenvalue weighted by atomic mass is 9.68. The molecule has 414 valence electrons. The molecule has 4 heterocycles. The molecule has 3 aliphatic heterocycles. The summed E-state index contributed by atoms with van der Waals surface area (Å²) in [6.45, 7) is 17.9. The minimum absolute atomic E-state index is 0.169. The number of ether oxygens (including phenoxy) is 6. The molecular weight excluding hydrogens is 964 g/mol. The molecule has 5 N–H and O–H groups in total. The van der Waals surface area contributed by atoms with Crippen molar-refractivity contribution in [3.8, 4) is 6.07 Å². The van der Waals surface area contributed by atoms with Gasteiger partial charge in [0, 0.05) is 69.2 Å². The quantitative estimate of drug-likeness (QED) is 0.111. The Bertz CT molecular complexity index is 2080. The van der Waals surface area contributed by atoms with Crippen LogP contribution in [0.2, 0.25) is 0 Å². The van der Waals surface area contributed by atoms with Crippen LogP contribution in [0.4, 0.5) is 4.39 Å². The fourth-order valence-electron chi connectivity index (χ4n) is 11.9. The number of carbonyl (C=O) groups excluding carboxylic acids is 1. The highest BCUT2D eigenvalue weighted by Gasteiger charge is 2.55. The largest absolute Gasteiger partial charge is 0.459 e. The van der Waals surface area contributed by atoms with E-state index in [9.17, 15) is 34.7 Å². The number of nitriles is 1. The summed E-state index contributed by atoms with van der Waals surface area (Å²) in [6.07, 6.45) is -6.31. The highest BCUT2D eigenvalue weighted by atomic mass is 32.2. The molecule has 0 amide bonds. The zero-order chi connectivity index (χ0) is 54.3. The van der Waals surface area contributed by atoms with Gasteiger partial charge in [-0.3, -0.25) is 4.79 Å². The second-order valence-electron chi connectivity index (χ2n) is 22.1. The second-order valence-corrected chi connectivity index (χ2v) is 23.2. The number of benzene rings is 1. The van der Waals surface area contributed by atoms with Crippen molar-refractivity contribution in [2.24, 2.45) is 23.7 Å². The number of halogens is 1. The summed E-state index contributed by atoms with van der Waals surface area (Å²) in [4.78, 5) is 19.5. The van der Waals surface area contributed by atoms with Gasteiger partial charge in [-0.2, -0.15) is 5.26 Å². The summed E-state index contributed by atoms with van der Waals surface area (Å²) in [5.41, 5.74) is -3.16. The second kappa shape index (κ2) is 26.0. The summed E-state index contributed by atoms with van der Waals surface area (Å²) < 4.78 is 54.2. The Morgan fingerprint density at radius 1 is 1.03 bits per heavy atom. The van der Waals surface area contributed by atoms with Crippen molar-refractivity contribution >= 4 is 17.7 Å². The molecule has 3 aliphatic rings. The molecule has 2 aromatic rings. The van der Waals surface area contributed by atoms with Crippen LogP contribution in [0.15, 0.2) is 35.4 Å². The number of esters is 1. The Morgan fingerprint density at radius 2 is 1.70 bits per heavy atom. The van der Waals surface area contributed by atoms with Crippen molar-refractivity contribution in [2.45, 2.75) is 202 Å². The first-order valence-electron chi connectivity index (χ1n) is 26.0. The number of likely N-dealkylation sites (N-methyl/N-ethyl adjacent to an activating group) is 2. The number of carbonyl (C=O) groups is 1. The number of aromatic nitrogens is 3. The number of cyclic esters (lactones) is 1. The van der Waals surface area contributed by atoms with Crippen LogP contribution in [0.25, 0.3) is 0 Å². The number of alkyl halides is 1.